The minimum atomic E-state index is -0.403. The summed E-state index contributed by atoms with van der Waals surface area (Å²) in [6.45, 7) is 3.54. The van der Waals surface area contributed by atoms with Crippen molar-refractivity contribution in [3.05, 3.63) is 63.2 Å². The van der Waals surface area contributed by atoms with Crippen LogP contribution in [0.3, 0.4) is 0 Å². The minimum absolute atomic E-state index is 0.366. The molecule has 7 heteroatoms. The summed E-state index contributed by atoms with van der Waals surface area (Å²) in [6, 6.07) is 13.8. The van der Waals surface area contributed by atoms with Crippen molar-refractivity contribution in [2.45, 2.75) is 6.92 Å². The van der Waals surface area contributed by atoms with Gasteiger partial charge in [-0.05, 0) is 65.9 Å². The van der Waals surface area contributed by atoms with Gasteiger partial charge in [0.25, 0.3) is 11.8 Å². The van der Waals surface area contributed by atoms with Crippen LogP contribution in [-0.4, -0.2) is 31.6 Å². The molecule has 0 aliphatic carbocycles. The van der Waals surface area contributed by atoms with Gasteiger partial charge in [0.1, 0.15) is 12.4 Å². The fourth-order valence-electron chi connectivity index (χ4n) is 1.96. The summed E-state index contributed by atoms with van der Waals surface area (Å²) >= 11 is 2.07. The van der Waals surface area contributed by atoms with Gasteiger partial charge in [0, 0.05) is 15.7 Å². The summed E-state index contributed by atoms with van der Waals surface area (Å²) < 4.78 is 11.5. The Morgan fingerprint density at radius 1 is 0.960 bits per heavy atom. The van der Waals surface area contributed by atoms with Crippen molar-refractivity contribution in [3.63, 3.8) is 0 Å². The second-order valence-corrected chi connectivity index (χ2v) is 6.12. The summed E-state index contributed by atoms with van der Waals surface area (Å²) in [5.41, 5.74) is 5.73. The van der Waals surface area contributed by atoms with Gasteiger partial charge < -0.3 is 9.47 Å². The fraction of sp³-hybridized carbons (Fsp3) is 0.222. The number of halogens is 1. The molecule has 132 valence electrons. The third-order valence-electron chi connectivity index (χ3n) is 3.23. The normalized spacial score (nSPS) is 10.2. The largest absolute Gasteiger partial charge is 0.491 e. The first kappa shape index (κ1) is 19.2. The SMILES string of the molecule is CCOCCOc1ccc(C(=O)NNC(=O)c2ccccc2I)cc1. The lowest BCUT2D eigenvalue weighted by atomic mass is 10.2. The van der Waals surface area contributed by atoms with Crippen LogP contribution in [0.1, 0.15) is 27.6 Å². The molecule has 2 aromatic rings. The van der Waals surface area contributed by atoms with Gasteiger partial charge in [0.05, 0.1) is 12.2 Å². The van der Waals surface area contributed by atoms with E-state index in [9.17, 15) is 9.59 Å². The molecule has 0 heterocycles. The minimum Gasteiger partial charge on any atom is -0.491 e. The monoisotopic (exact) mass is 454 g/mol. The molecule has 2 amide bonds. The average Bonchev–Trinajstić information content (AvgIpc) is 2.64. The van der Waals surface area contributed by atoms with E-state index in [1.807, 2.05) is 19.1 Å². The van der Waals surface area contributed by atoms with E-state index < -0.39 is 5.91 Å². The predicted molar refractivity (Wildman–Crippen MR) is 103 cm³/mol. The van der Waals surface area contributed by atoms with Gasteiger partial charge in [0.15, 0.2) is 0 Å². The molecule has 0 unspecified atom stereocenters. The highest BCUT2D eigenvalue weighted by Gasteiger charge is 2.11. The molecule has 25 heavy (non-hydrogen) atoms. The number of nitrogens with one attached hydrogen (secondary N) is 2. The maximum atomic E-state index is 12.1. The Labute approximate surface area is 160 Å². The van der Waals surface area contributed by atoms with E-state index in [1.165, 1.54) is 0 Å². The molecule has 0 aliphatic heterocycles. The third-order valence-corrected chi connectivity index (χ3v) is 4.17. The lowest BCUT2D eigenvalue weighted by molar-refractivity contribution is 0.0846. The quantitative estimate of drug-likeness (QED) is 0.384. The summed E-state index contributed by atoms with van der Waals surface area (Å²) in [7, 11) is 0. The van der Waals surface area contributed by atoms with E-state index in [1.54, 1.807) is 36.4 Å². The van der Waals surface area contributed by atoms with Crippen LogP contribution in [0.2, 0.25) is 0 Å². The number of ether oxygens (including phenoxy) is 2. The van der Waals surface area contributed by atoms with Gasteiger partial charge >= 0.3 is 0 Å². The second kappa shape index (κ2) is 10.00. The van der Waals surface area contributed by atoms with Crippen molar-refractivity contribution in [1.29, 1.82) is 0 Å². The van der Waals surface area contributed by atoms with Crippen LogP contribution in [0.4, 0.5) is 0 Å². The molecular weight excluding hydrogens is 435 g/mol. The van der Waals surface area contributed by atoms with E-state index in [0.717, 1.165) is 3.57 Å². The van der Waals surface area contributed by atoms with Gasteiger partial charge in [-0.25, -0.2) is 0 Å². The van der Waals surface area contributed by atoms with Gasteiger partial charge in [-0.15, -0.1) is 0 Å². The zero-order chi connectivity index (χ0) is 18.1. The number of rotatable bonds is 7. The summed E-state index contributed by atoms with van der Waals surface area (Å²) in [5.74, 6) is -0.117. The van der Waals surface area contributed by atoms with Crippen molar-refractivity contribution in [3.8, 4) is 5.75 Å². The summed E-state index contributed by atoms with van der Waals surface area (Å²) in [5, 5.41) is 0. The van der Waals surface area contributed by atoms with Crippen molar-refractivity contribution in [1.82, 2.24) is 10.9 Å². The first-order valence-corrected chi connectivity index (χ1v) is 8.85. The molecule has 0 saturated heterocycles. The Bertz CT molecular complexity index is 719. The Morgan fingerprint density at radius 2 is 1.64 bits per heavy atom. The Morgan fingerprint density at radius 3 is 2.32 bits per heavy atom. The third kappa shape index (κ3) is 6.02. The number of carbonyl (C=O) groups is 2. The molecule has 2 rings (SSSR count). The van der Waals surface area contributed by atoms with Crippen molar-refractivity contribution in [2.75, 3.05) is 19.8 Å². The molecule has 0 spiro atoms. The molecule has 0 saturated carbocycles. The van der Waals surface area contributed by atoms with E-state index in [2.05, 4.69) is 33.4 Å². The van der Waals surface area contributed by atoms with Gasteiger partial charge in [-0.3, -0.25) is 20.4 Å². The van der Waals surface area contributed by atoms with Crippen molar-refractivity contribution < 1.29 is 19.1 Å². The zero-order valence-corrected chi connectivity index (χ0v) is 15.9. The molecule has 6 nitrogen and oxygen atoms in total. The predicted octanol–water partition coefficient (Wildman–Crippen LogP) is 2.78. The van der Waals surface area contributed by atoms with E-state index in [4.69, 9.17) is 9.47 Å². The van der Waals surface area contributed by atoms with Crippen LogP contribution in [0, 0.1) is 3.57 Å². The topological polar surface area (TPSA) is 76.7 Å². The average molecular weight is 454 g/mol. The Hall–Kier alpha value is -2.13. The lowest BCUT2D eigenvalue weighted by Gasteiger charge is -2.09. The molecule has 0 atom stereocenters. The molecule has 2 aromatic carbocycles. The summed E-state index contributed by atoms with van der Waals surface area (Å²) in [4.78, 5) is 24.2. The van der Waals surface area contributed by atoms with Crippen LogP contribution >= 0.6 is 22.6 Å². The lowest BCUT2D eigenvalue weighted by Crippen LogP contribution is -2.41. The maximum Gasteiger partial charge on any atom is 0.270 e. The molecule has 0 fully saturated rings. The molecule has 2 N–H and O–H groups in total. The zero-order valence-electron chi connectivity index (χ0n) is 13.8. The fourth-order valence-corrected chi connectivity index (χ4v) is 2.60. The number of carbonyl (C=O) groups excluding carboxylic acids is 2. The molecule has 0 aromatic heterocycles. The number of hydrogen-bond donors (Lipinski definition) is 2. The van der Waals surface area contributed by atoms with Crippen molar-refractivity contribution >= 4 is 34.4 Å². The molecular formula is C18H19IN2O4. The van der Waals surface area contributed by atoms with E-state index in [-0.39, 0.29) is 5.91 Å². The number of hydrogen-bond acceptors (Lipinski definition) is 4. The van der Waals surface area contributed by atoms with E-state index in [0.29, 0.717) is 36.7 Å². The Balaban J connectivity index is 1.84. The van der Waals surface area contributed by atoms with Crippen LogP contribution in [0.15, 0.2) is 48.5 Å². The highest BCUT2D eigenvalue weighted by atomic mass is 127. The van der Waals surface area contributed by atoms with Gasteiger partial charge in [0.2, 0.25) is 0 Å². The maximum absolute atomic E-state index is 12.1. The van der Waals surface area contributed by atoms with Crippen LogP contribution in [-0.2, 0) is 4.74 Å². The molecule has 0 radical (unpaired) electrons. The van der Waals surface area contributed by atoms with Crippen molar-refractivity contribution in [2.24, 2.45) is 0 Å². The number of benzene rings is 2. The Kier molecular flexibility index (Phi) is 7.68. The van der Waals surface area contributed by atoms with Crippen LogP contribution < -0.4 is 15.6 Å². The molecule has 0 bridgehead atoms. The first-order chi connectivity index (χ1) is 12.1. The van der Waals surface area contributed by atoms with Crippen LogP contribution in [0.25, 0.3) is 0 Å². The number of hydrazine groups is 1. The second-order valence-electron chi connectivity index (χ2n) is 4.96. The van der Waals surface area contributed by atoms with Gasteiger partial charge in [-0.2, -0.15) is 0 Å². The number of amides is 2. The standard InChI is InChI=1S/C18H19IN2O4/c1-2-24-11-12-25-14-9-7-13(8-10-14)17(22)20-21-18(23)15-5-3-4-6-16(15)19/h3-10H,2,11-12H2,1H3,(H,20,22)(H,21,23). The van der Waals surface area contributed by atoms with Crippen LogP contribution in [0.5, 0.6) is 5.75 Å². The molecule has 0 aliphatic rings. The first-order valence-electron chi connectivity index (χ1n) is 7.77. The summed E-state index contributed by atoms with van der Waals surface area (Å²) in [6.07, 6.45) is 0. The highest BCUT2D eigenvalue weighted by Crippen LogP contribution is 2.12. The van der Waals surface area contributed by atoms with E-state index >= 15 is 0 Å². The highest BCUT2D eigenvalue weighted by molar-refractivity contribution is 14.1. The smallest absolute Gasteiger partial charge is 0.270 e. The van der Waals surface area contributed by atoms with Gasteiger partial charge in [-0.1, -0.05) is 12.1 Å².